The van der Waals surface area contributed by atoms with Gasteiger partial charge in [0, 0.05) is 32.0 Å². The first-order chi connectivity index (χ1) is 12.7. The molecule has 3 N–H and O–H groups in total. The van der Waals surface area contributed by atoms with Gasteiger partial charge in [-0.15, -0.1) is 0 Å². The molecule has 0 bridgehead atoms. The molecule has 0 saturated carbocycles. The number of aliphatic hydroxyl groups excluding tert-OH is 2. The number of hydrogen-bond acceptors (Lipinski definition) is 7. The minimum atomic E-state index is -0.649. The number of rotatable bonds is 7. The Morgan fingerprint density at radius 1 is 1.35 bits per heavy atom. The first-order valence-electron chi connectivity index (χ1n) is 8.45. The van der Waals surface area contributed by atoms with Crippen LogP contribution in [0.4, 0.5) is 0 Å². The molecule has 3 rings (SSSR count). The highest BCUT2D eigenvalue weighted by Crippen LogP contribution is 2.18. The van der Waals surface area contributed by atoms with Crippen molar-refractivity contribution in [1.82, 2.24) is 20.2 Å². The number of hydrogen-bond donors (Lipinski definition) is 3. The van der Waals surface area contributed by atoms with Crippen molar-refractivity contribution in [3.8, 4) is 5.75 Å². The van der Waals surface area contributed by atoms with E-state index in [1.807, 2.05) is 24.3 Å². The summed E-state index contributed by atoms with van der Waals surface area (Å²) in [5.41, 5.74) is 1.26. The molecule has 8 nitrogen and oxygen atoms in total. The maximum absolute atomic E-state index is 12.2. The van der Waals surface area contributed by atoms with E-state index in [9.17, 15) is 9.90 Å². The number of carbonyl (C=O) groups excluding carboxylic acids is 1. The summed E-state index contributed by atoms with van der Waals surface area (Å²) in [4.78, 5) is 22.1. The highest BCUT2D eigenvalue weighted by atomic mass is 16.5. The van der Waals surface area contributed by atoms with E-state index in [0.717, 1.165) is 5.56 Å². The SMILES string of the molecule is O=C(N[C@@H]1CN(Cc2cccc(OCCO)c2)C[C@H]1O)c1cnccn1. The zero-order valence-corrected chi connectivity index (χ0v) is 14.3. The van der Waals surface area contributed by atoms with Crippen LogP contribution in [0.3, 0.4) is 0 Å². The second-order valence-electron chi connectivity index (χ2n) is 6.15. The summed E-state index contributed by atoms with van der Waals surface area (Å²) in [6, 6.07) is 7.25. The number of ether oxygens (including phenoxy) is 1. The molecule has 0 unspecified atom stereocenters. The third-order valence-corrected chi connectivity index (χ3v) is 4.14. The number of amides is 1. The van der Waals surface area contributed by atoms with Crippen molar-refractivity contribution in [3.63, 3.8) is 0 Å². The number of aliphatic hydroxyl groups is 2. The summed E-state index contributed by atoms with van der Waals surface area (Å²) in [6.45, 7) is 1.85. The first-order valence-corrected chi connectivity index (χ1v) is 8.45. The predicted octanol–water partition coefficient (Wildman–Crippen LogP) is -0.177. The largest absolute Gasteiger partial charge is 0.491 e. The third-order valence-electron chi connectivity index (χ3n) is 4.14. The smallest absolute Gasteiger partial charge is 0.271 e. The fourth-order valence-corrected chi connectivity index (χ4v) is 2.95. The molecule has 1 aromatic carbocycles. The van der Waals surface area contributed by atoms with Crippen molar-refractivity contribution in [3.05, 3.63) is 54.1 Å². The van der Waals surface area contributed by atoms with E-state index in [4.69, 9.17) is 9.84 Å². The molecule has 2 atom stereocenters. The van der Waals surface area contributed by atoms with Crippen LogP contribution in [0, 0.1) is 0 Å². The molecule has 1 aliphatic heterocycles. The Morgan fingerprint density at radius 3 is 3.00 bits per heavy atom. The molecule has 2 aromatic rings. The maximum Gasteiger partial charge on any atom is 0.271 e. The molecule has 0 aliphatic carbocycles. The summed E-state index contributed by atoms with van der Waals surface area (Å²) >= 11 is 0. The van der Waals surface area contributed by atoms with Gasteiger partial charge in [0.15, 0.2) is 0 Å². The quantitative estimate of drug-likeness (QED) is 0.630. The molecule has 1 saturated heterocycles. The Bertz CT molecular complexity index is 728. The minimum Gasteiger partial charge on any atom is -0.491 e. The summed E-state index contributed by atoms with van der Waals surface area (Å²) in [7, 11) is 0. The molecule has 0 radical (unpaired) electrons. The van der Waals surface area contributed by atoms with Gasteiger partial charge in [0.1, 0.15) is 18.1 Å². The fourth-order valence-electron chi connectivity index (χ4n) is 2.95. The van der Waals surface area contributed by atoms with E-state index < -0.39 is 6.10 Å². The lowest BCUT2D eigenvalue weighted by atomic mass is 10.2. The highest BCUT2D eigenvalue weighted by Gasteiger charge is 2.32. The molecule has 8 heteroatoms. The zero-order valence-electron chi connectivity index (χ0n) is 14.3. The average Bonchev–Trinajstić information content (AvgIpc) is 3.00. The summed E-state index contributed by atoms with van der Waals surface area (Å²) in [5, 5.41) is 21.9. The average molecular weight is 358 g/mol. The summed E-state index contributed by atoms with van der Waals surface area (Å²) in [5.74, 6) is 0.354. The van der Waals surface area contributed by atoms with Gasteiger partial charge in [0.05, 0.1) is 24.9 Å². The van der Waals surface area contributed by atoms with Crippen molar-refractivity contribution in [2.45, 2.75) is 18.7 Å². The molecule has 2 heterocycles. The van der Waals surface area contributed by atoms with Gasteiger partial charge < -0.3 is 20.3 Å². The number of carbonyl (C=O) groups is 1. The molecular formula is C18H22N4O4. The van der Waals surface area contributed by atoms with Crippen molar-refractivity contribution < 1.29 is 19.7 Å². The van der Waals surface area contributed by atoms with Crippen LogP contribution in [0.1, 0.15) is 16.1 Å². The normalized spacial score (nSPS) is 20.1. The van der Waals surface area contributed by atoms with Crippen LogP contribution in [0.25, 0.3) is 0 Å². The third kappa shape index (κ3) is 4.75. The Balaban J connectivity index is 1.56. The molecule has 1 fully saturated rings. The van der Waals surface area contributed by atoms with Gasteiger partial charge in [0.2, 0.25) is 0 Å². The van der Waals surface area contributed by atoms with Crippen LogP contribution in [0.2, 0.25) is 0 Å². The molecule has 1 amide bonds. The number of aromatic nitrogens is 2. The number of benzene rings is 1. The number of nitrogens with one attached hydrogen (secondary N) is 1. The van der Waals surface area contributed by atoms with Crippen LogP contribution in [0.15, 0.2) is 42.9 Å². The highest BCUT2D eigenvalue weighted by molar-refractivity contribution is 5.92. The lowest BCUT2D eigenvalue weighted by Crippen LogP contribution is -2.43. The van der Waals surface area contributed by atoms with E-state index in [1.54, 1.807) is 0 Å². The van der Waals surface area contributed by atoms with Gasteiger partial charge >= 0.3 is 0 Å². The van der Waals surface area contributed by atoms with E-state index in [2.05, 4.69) is 20.2 Å². The molecule has 1 aromatic heterocycles. The molecule has 1 aliphatic rings. The van der Waals surface area contributed by atoms with Gasteiger partial charge in [-0.25, -0.2) is 4.98 Å². The summed E-state index contributed by atoms with van der Waals surface area (Å²) < 4.78 is 5.42. The lowest BCUT2D eigenvalue weighted by molar-refractivity contribution is 0.0883. The van der Waals surface area contributed by atoms with E-state index >= 15 is 0 Å². The van der Waals surface area contributed by atoms with E-state index in [0.29, 0.717) is 25.4 Å². The minimum absolute atomic E-state index is 0.0320. The van der Waals surface area contributed by atoms with E-state index in [1.165, 1.54) is 18.6 Å². The summed E-state index contributed by atoms with van der Waals surface area (Å²) in [6.07, 6.45) is 3.70. The number of likely N-dealkylation sites (tertiary alicyclic amines) is 1. The van der Waals surface area contributed by atoms with Crippen molar-refractivity contribution >= 4 is 5.91 Å². The van der Waals surface area contributed by atoms with E-state index in [-0.39, 0.29) is 30.9 Å². The number of nitrogens with zero attached hydrogens (tertiary/aromatic N) is 3. The maximum atomic E-state index is 12.2. The fraction of sp³-hybridized carbons (Fsp3) is 0.389. The van der Waals surface area contributed by atoms with Crippen molar-refractivity contribution in [2.24, 2.45) is 0 Å². The Kier molecular flexibility index (Phi) is 6.11. The van der Waals surface area contributed by atoms with Gasteiger partial charge in [-0.05, 0) is 17.7 Å². The zero-order chi connectivity index (χ0) is 18.4. The van der Waals surface area contributed by atoms with Gasteiger partial charge in [0.25, 0.3) is 5.91 Å². The second-order valence-corrected chi connectivity index (χ2v) is 6.15. The van der Waals surface area contributed by atoms with Crippen LogP contribution in [-0.2, 0) is 6.54 Å². The van der Waals surface area contributed by atoms with Crippen molar-refractivity contribution in [2.75, 3.05) is 26.3 Å². The van der Waals surface area contributed by atoms with Crippen LogP contribution in [-0.4, -0.2) is 69.4 Å². The monoisotopic (exact) mass is 358 g/mol. The Hall–Kier alpha value is -2.55. The first kappa shape index (κ1) is 18.2. The van der Waals surface area contributed by atoms with Gasteiger partial charge in [-0.1, -0.05) is 12.1 Å². The van der Waals surface area contributed by atoms with Gasteiger partial charge in [-0.3, -0.25) is 14.7 Å². The Labute approximate surface area is 151 Å². The van der Waals surface area contributed by atoms with Crippen LogP contribution < -0.4 is 10.1 Å². The number of β-amino-alcohol motifs (C(OH)–C–C–N with tert-alkyl or cyclic N) is 1. The molecular weight excluding hydrogens is 336 g/mol. The molecule has 26 heavy (non-hydrogen) atoms. The predicted molar refractivity (Wildman–Crippen MR) is 93.6 cm³/mol. The van der Waals surface area contributed by atoms with Crippen LogP contribution >= 0.6 is 0 Å². The standard InChI is InChI=1S/C18H22N4O4/c23-6-7-26-14-3-1-2-13(8-14)10-22-11-16(17(24)12-22)21-18(25)15-9-19-4-5-20-15/h1-5,8-9,16-17,23-24H,6-7,10-12H2,(H,21,25)/t16-,17-/m1/s1. The molecule has 0 spiro atoms. The van der Waals surface area contributed by atoms with Gasteiger partial charge in [-0.2, -0.15) is 0 Å². The second kappa shape index (κ2) is 8.70. The van der Waals surface area contributed by atoms with Crippen LogP contribution in [0.5, 0.6) is 5.75 Å². The van der Waals surface area contributed by atoms with Crippen molar-refractivity contribution in [1.29, 1.82) is 0 Å². The Morgan fingerprint density at radius 2 is 2.23 bits per heavy atom. The molecule has 138 valence electrons. The lowest BCUT2D eigenvalue weighted by Gasteiger charge is -2.17. The topological polar surface area (TPSA) is 108 Å².